The number of rotatable bonds is 4. The van der Waals surface area contributed by atoms with Crippen molar-refractivity contribution in [2.45, 2.75) is 50.5 Å². The van der Waals surface area contributed by atoms with Crippen LogP contribution in [-0.2, 0) is 4.74 Å². The molecule has 0 saturated carbocycles. The zero-order valence-corrected chi connectivity index (χ0v) is 7.89. The Morgan fingerprint density at radius 3 is 2.64 bits per heavy atom. The first-order valence-corrected chi connectivity index (χ1v) is 4.85. The van der Waals surface area contributed by atoms with Gasteiger partial charge in [0.25, 0.3) is 0 Å². The molecule has 0 radical (unpaired) electrons. The minimum atomic E-state index is -4.11. The number of alkyl halides is 3. The van der Waals surface area contributed by atoms with Crippen molar-refractivity contribution in [1.82, 2.24) is 0 Å². The van der Waals surface area contributed by atoms with Crippen LogP contribution in [-0.4, -0.2) is 30.1 Å². The van der Waals surface area contributed by atoms with E-state index in [-0.39, 0.29) is 18.9 Å². The fourth-order valence-electron chi connectivity index (χ4n) is 1.60. The summed E-state index contributed by atoms with van der Waals surface area (Å²) in [4.78, 5) is 0. The van der Waals surface area contributed by atoms with Gasteiger partial charge in [0.2, 0.25) is 0 Å². The first kappa shape index (κ1) is 11.8. The predicted molar refractivity (Wildman–Crippen MR) is 44.9 cm³/mol. The average Bonchev–Trinajstić information content (AvgIpc) is 2.53. The summed E-state index contributed by atoms with van der Waals surface area (Å²) in [7, 11) is 0. The molecular weight excluding hydrogens is 197 g/mol. The van der Waals surface area contributed by atoms with Crippen molar-refractivity contribution >= 4 is 0 Å². The number of aliphatic hydroxyl groups is 1. The topological polar surface area (TPSA) is 29.5 Å². The summed E-state index contributed by atoms with van der Waals surface area (Å²) in [5.74, 6) is 0. The van der Waals surface area contributed by atoms with Gasteiger partial charge in [0.05, 0.1) is 12.2 Å². The van der Waals surface area contributed by atoms with E-state index >= 15 is 0 Å². The minimum absolute atomic E-state index is 0.0233. The average molecular weight is 212 g/mol. The molecule has 84 valence electrons. The van der Waals surface area contributed by atoms with Crippen LogP contribution in [0.5, 0.6) is 0 Å². The lowest BCUT2D eigenvalue weighted by Crippen LogP contribution is -2.25. The van der Waals surface area contributed by atoms with E-state index in [1.54, 1.807) is 0 Å². The lowest BCUT2D eigenvalue weighted by atomic mass is 10.0. The van der Waals surface area contributed by atoms with Gasteiger partial charge in [-0.05, 0) is 25.7 Å². The third-order valence-electron chi connectivity index (χ3n) is 2.35. The standard InChI is InChI=1S/C9H15F3O2/c10-9(11,12)5-1-3-7(13)8-4-2-6-14-8/h7-8,13H,1-6H2. The Hall–Kier alpha value is -0.290. The van der Waals surface area contributed by atoms with Gasteiger partial charge in [-0.25, -0.2) is 0 Å². The van der Waals surface area contributed by atoms with Crippen LogP contribution in [0.3, 0.4) is 0 Å². The largest absolute Gasteiger partial charge is 0.390 e. The summed E-state index contributed by atoms with van der Waals surface area (Å²) in [6.07, 6.45) is -4.13. The lowest BCUT2D eigenvalue weighted by Gasteiger charge is -2.17. The Labute approximate surface area is 81.1 Å². The molecule has 1 heterocycles. The maximum Gasteiger partial charge on any atom is 0.389 e. The fourth-order valence-corrected chi connectivity index (χ4v) is 1.60. The van der Waals surface area contributed by atoms with Gasteiger partial charge in [-0.2, -0.15) is 13.2 Å². The number of hydrogen-bond acceptors (Lipinski definition) is 2. The molecule has 5 heteroatoms. The summed E-state index contributed by atoms with van der Waals surface area (Å²) in [6.45, 7) is 0.612. The molecule has 2 unspecified atom stereocenters. The van der Waals surface area contributed by atoms with Crippen LogP contribution in [0.25, 0.3) is 0 Å². The highest BCUT2D eigenvalue weighted by atomic mass is 19.4. The van der Waals surface area contributed by atoms with E-state index in [1.807, 2.05) is 0 Å². The second-order valence-corrected chi connectivity index (χ2v) is 3.63. The summed E-state index contributed by atoms with van der Waals surface area (Å²) in [6, 6.07) is 0. The number of hydrogen-bond donors (Lipinski definition) is 1. The molecule has 0 amide bonds. The van der Waals surface area contributed by atoms with Gasteiger partial charge in [0, 0.05) is 13.0 Å². The molecule has 0 spiro atoms. The lowest BCUT2D eigenvalue weighted by molar-refractivity contribution is -0.137. The maximum absolute atomic E-state index is 11.8. The highest BCUT2D eigenvalue weighted by molar-refractivity contribution is 4.73. The van der Waals surface area contributed by atoms with Crippen molar-refractivity contribution in [3.05, 3.63) is 0 Å². The van der Waals surface area contributed by atoms with E-state index in [4.69, 9.17) is 4.74 Å². The smallest absolute Gasteiger partial charge is 0.389 e. The normalized spacial score (nSPS) is 25.3. The SMILES string of the molecule is OC(CCCC(F)(F)F)C1CCCO1. The molecule has 1 aliphatic heterocycles. The van der Waals surface area contributed by atoms with Gasteiger partial charge < -0.3 is 9.84 Å². The monoisotopic (exact) mass is 212 g/mol. The van der Waals surface area contributed by atoms with Crippen LogP contribution in [0.1, 0.15) is 32.1 Å². The Morgan fingerprint density at radius 2 is 2.14 bits per heavy atom. The van der Waals surface area contributed by atoms with Crippen molar-refractivity contribution in [2.75, 3.05) is 6.61 Å². The predicted octanol–water partition coefficient (Wildman–Crippen LogP) is 2.26. The second-order valence-electron chi connectivity index (χ2n) is 3.63. The number of ether oxygens (including phenoxy) is 1. The molecular formula is C9H15F3O2. The first-order valence-electron chi connectivity index (χ1n) is 4.85. The molecule has 2 atom stereocenters. The third kappa shape index (κ3) is 4.28. The maximum atomic E-state index is 11.8. The second kappa shape index (κ2) is 4.98. The van der Waals surface area contributed by atoms with E-state index in [1.165, 1.54) is 0 Å². The van der Waals surface area contributed by atoms with E-state index in [0.717, 1.165) is 12.8 Å². The Balaban J connectivity index is 2.11. The zero-order valence-electron chi connectivity index (χ0n) is 7.89. The van der Waals surface area contributed by atoms with E-state index in [0.29, 0.717) is 6.61 Å². The van der Waals surface area contributed by atoms with Crippen LogP contribution >= 0.6 is 0 Å². The molecule has 0 aromatic heterocycles. The zero-order chi connectivity index (χ0) is 10.6. The molecule has 1 rings (SSSR count). The van der Waals surface area contributed by atoms with Gasteiger partial charge in [-0.3, -0.25) is 0 Å². The fraction of sp³-hybridized carbons (Fsp3) is 1.00. The van der Waals surface area contributed by atoms with Gasteiger partial charge in [0.1, 0.15) is 0 Å². The third-order valence-corrected chi connectivity index (χ3v) is 2.35. The summed E-state index contributed by atoms with van der Waals surface area (Å²) in [5.41, 5.74) is 0. The van der Waals surface area contributed by atoms with Crippen molar-refractivity contribution in [2.24, 2.45) is 0 Å². The van der Waals surface area contributed by atoms with Crippen LogP contribution in [0.2, 0.25) is 0 Å². The van der Waals surface area contributed by atoms with Gasteiger partial charge >= 0.3 is 6.18 Å². The molecule has 0 aliphatic carbocycles. The van der Waals surface area contributed by atoms with Crippen LogP contribution in [0.15, 0.2) is 0 Å². The van der Waals surface area contributed by atoms with Crippen molar-refractivity contribution in [1.29, 1.82) is 0 Å². The molecule has 1 aliphatic rings. The van der Waals surface area contributed by atoms with E-state index < -0.39 is 18.7 Å². The Kier molecular flexibility index (Phi) is 4.19. The van der Waals surface area contributed by atoms with Gasteiger partial charge in [0.15, 0.2) is 0 Å². The number of halogens is 3. The van der Waals surface area contributed by atoms with Crippen LogP contribution in [0, 0.1) is 0 Å². The van der Waals surface area contributed by atoms with E-state index in [2.05, 4.69) is 0 Å². The van der Waals surface area contributed by atoms with Crippen molar-refractivity contribution < 1.29 is 23.0 Å². The molecule has 0 aromatic rings. The minimum Gasteiger partial charge on any atom is -0.390 e. The summed E-state index contributed by atoms with van der Waals surface area (Å²) in [5, 5.41) is 9.45. The molecule has 1 N–H and O–H groups in total. The summed E-state index contributed by atoms with van der Waals surface area (Å²) < 4.78 is 40.5. The highest BCUT2D eigenvalue weighted by Crippen LogP contribution is 2.25. The molecule has 1 saturated heterocycles. The van der Waals surface area contributed by atoms with Crippen molar-refractivity contribution in [3.63, 3.8) is 0 Å². The van der Waals surface area contributed by atoms with Crippen LogP contribution < -0.4 is 0 Å². The molecule has 0 bridgehead atoms. The van der Waals surface area contributed by atoms with Gasteiger partial charge in [-0.15, -0.1) is 0 Å². The summed E-state index contributed by atoms with van der Waals surface area (Å²) >= 11 is 0. The Bertz CT molecular complexity index is 164. The number of aliphatic hydroxyl groups excluding tert-OH is 1. The molecule has 1 fully saturated rings. The highest BCUT2D eigenvalue weighted by Gasteiger charge is 2.28. The van der Waals surface area contributed by atoms with Crippen LogP contribution in [0.4, 0.5) is 13.2 Å². The molecule has 0 aromatic carbocycles. The van der Waals surface area contributed by atoms with E-state index in [9.17, 15) is 18.3 Å². The molecule has 14 heavy (non-hydrogen) atoms. The first-order chi connectivity index (χ1) is 6.49. The molecule has 2 nitrogen and oxygen atoms in total. The quantitative estimate of drug-likeness (QED) is 0.774. The Morgan fingerprint density at radius 1 is 1.43 bits per heavy atom. The van der Waals surface area contributed by atoms with Crippen molar-refractivity contribution in [3.8, 4) is 0 Å². The van der Waals surface area contributed by atoms with Gasteiger partial charge in [-0.1, -0.05) is 0 Å².